The second kappa shape index (κ2) is 5.69. The lowest BCUT2D eigenvalue weighted by Gasteiger charge is -2.35. The van der Waals surface area contributed by atoms with E-state index in [0.717, 1.165) is 24.3 Å². The van der Waals surface area contributed by atoms with Gasteiger partial charge in [0.1, 0.15) is 5.82 Å². The summed E-state index contributed by atoms with van der Waals surface area (Å²) < 4.78 is 2.16. The van der Waals surface area contributed by atoms with Crippen molar-refractivity contribution in [1.29, 1.82) is 0 Å². The summed E-state index contributed by atoms with van der Waals surface area (Å²) in [4.78, 5) is 11.8. The molecule has 0 amide bonds. The lowest BCUT2D eigenvalue weighted by Crippen LogP contribution is -2.35. The molecule has 1 aliphatic heterocycles. The van der Waals surface area contributed by atoms with E-state index in [1.165, 1.54) is 29.7 Å². The summed E-state index contributed by atoms with van der Waals surface area (Å²) in [5.41, 5.74) is 3.48. The van der Waals surface area contributed by atoms with Crippen molar-refractivity contribution in [2.24, 2.45) is 7.05 Å². The molecule has 1 aliphatic rings. The van der Waals surface area contributed by atoms with Gasteiger partial charge in [-0.05, 0) is 31.9 Å². The third-order valence-electron chi connectivity index (χ3n) is 4.81. The van der Waals surface area contributed by atoms with Crippen LogP contribution in [0.4, 0.5) is 5.69 Å². The maximum absolute atomic E-state index is 4.67. The molecule has 1 saturated heterocycles. The van der Waals surface area contributed by atoms with Crippen molar-refractivity contribution in [2.75, 3.05) is 18.0 Å². The van der Waals surface area contributed by atoms with Crippen molar-refractivity contribution in [3.63, 3.8) is 0 Å². The van der Waals surface area contributed by atoms with Crippen LogP contribution in [0.2, 0.25) is 0 Å². The van der Waals surface area contributed by atoms with Crippen molar-refractivity contribution in [3.05, 3.63) is 54.2 Å². The maximum Gasteiger partial charge on any atom is 0.113 e. The third-order valence-corrected chi connectivity index (χ3v) is 4.81. The highest BCUT2D eigenvalue weighted by Crippen LogP contribution is 2.33. The summed E-state index contributed by atoms with van der Waals surface area (Å²) in [6, 6.07) is 10.7. The first-order valence-corrected chi connectivity index (χ1v) is 8.31. The Hall–Kier alpha value is -2.36. The Bertz CT molecular complexity index is 836. The van der Waals surface area contributed by atoms with Gasteiger partial charge in [-0.15, -0.1) is 0 Å². The molecule has 23 heavy (non-hydrogen) atoms. The van der Waals surface area contributed by atoms with Gasteiger partial charge in [0.15, 0.2) is 0 Å². The van der Waals surface area contributed by atoms with E-state index in [1.54, 1.807) is 0 Å². The number of aryl methyl sites for hydroxylation is 2. The van der Waals surface area contributed by atoms with Gasteiger partial charge in [-0.25, -0.2) is 4.98 Å². The first-order valence-electron chi connectivity index (χ1n) is 8.31. The number of benzene rings is 1. The third kappa shape index (κ3) is 2.58. The van der Waals surface area contributed by atoms with Crippen molar-refractivity contribution >= 4 is 16.6 Å². The number of piperidine rings is 1. The van der Waals surface area contributed by atoms with Crippen LogP contribution >= 0.6 is 0 Å². The van der Waals surface area contributed by atoms with Crippen LogP contribution in [-0.2, 0) is 7.05 Å². The van der Waals surface area contributed by atoms with Crippen LogP contribution in [0.3, 0.4) is 0 Å². The van der Waals surface area contributed by atoms with E-state index in [0.29, 0.717) is 5.92 Å². The van der Waals surface area contributed by atoms with Crippen LogP contribution < -0.4 is 4.90 Å². The zero-order valence-corrected chi connectivity index (χ0v) is 13.7. The number of anilines is 1. The second-order valence-corrected chi connectivity index (χ2v) is 6.48. The topological polar surface area (TPSA) is 34.0 Å². The number of imidazole rings is 1. The van der Waals surface area contributed by atoms with E-state index in [1.807, 2.05) is 12.4 Å². The van der Waals surface area contributed by atoms with Crippen molar-refractivity contribution in [1.82, 2.24) is 14.5 Å². The molecule has 3 aromatic rings. The zero-order chi connectivity index (χ0) is 15.8. The van der Waals surface area contributed by atoms with Gasteiger partial charge >= 0.3 is 0 Å². The molecule has 1 fully saturated rings. The van der Waals surface area contributed by atoms with Gasteiger partial charge in [0, 0.05) is 55.2 Å². The van der Waals surface area contributed by atoms with Gasteiger partial charge < -0.3 is 9.47 Å². The highest BCUT2D eigenvalue weighted by molar-refractivity contribution is 5.92. The van der Waals surface area contributed by atoms with E-state index in [4.69, 9.17) is 0 Å². The minimum atomic E-state index is 0.496. The molecule has 4 heteroatoms. The Morgan fingerprint density at radius 1 is 1.22 bits per heavy atom. The fourth-order valence-electron chi connectivity index (χ4n) is 3.72. The van der Waals surface area contributed by atoms with Crippen molar-refractivity contribution in [3.8, 4) is 0 Å². The first kappa shape index (κ1) is 14.2. The van der Waals surface area contributed by atoms with Crippen molar-refractivity contribution < 1.29 is 0 Å². The van der Waals surface area contributed by atoms with Crippen LogP contribution in [0, 0.1) is 6.92 Å². The normalized spacial score (nSPS) is 18.5. The molecule has 2 aromatic heterocycles. The summed E-state index contributed by atoms with van der Waals surface area (Å²) in [6.07, 6.45) is 6.36. The van der Waals surface area contributed by atoms with Gasteiger partial charge in [0.25, 0.3) is 0 Å². The molecule has 0 bridgehead atoms. The van der Waals surface area contributed by atoms with E-state index in [9.17, 15) is 0 Å². The number of rotatable bonds is 2. The number of aromatic nitrogens is 3. The van der Waals surface area contributed by atoms with E-state index in [-0.39, 0.29) is 0 Å². The predicted molar refractivity (Wildman–Crippen MR) is 93.9 cm³/mol. The SMILES string of the molecule is Cc1cc(N2CCCC(c3nccn3C)C2)c2ccccc2n1. The molecule has 0 radical (unpaired) electrons. The highest BCUT2D eigenvalue weighted by Gasteiger charge is 2.25. The molecule has 0 saturated carbocycles. The summed E-state index contributed by atoms with van der Waals surface area (Å²) in [6.45, 7) is 4.21. The van der Waals surface area contributed by atoms with E-state index < -0.39 is 0 Å². The lowest BCUT2D eigenvalue weighted by atomic mass is 9.96. The van der Waals surface area contributed by atoms with Gasteiger partial charge in [-0.1, -0.05) is 18.2 Å². The van der Waals surface area contributed by atoms with Crippen LogP contribution in [0.1, 0.15) is 30.3 Å². The minimum absolute atomic E-state index is 0.496. The number of pyridine rings is 1. The smallest absolute Gasteiger partial charge is 0.113 e. The molecular formula is C19H22N4. The molecule has 3 heterocycles. The summed E-state index contributed by atoms with van der Waals surface area (Å²) in [5, 5.41) is 1.25. The quantitative estimate of drug-likeness (QED) is 0.724. The molecule has 1 atom stereocenters. The summed E-state index contributed by atoms with van der Waals surface area (Å²) >= 11 is 0. The minimum Gasteiger partial charge on any atom is -0.370 e. The Labute approximate surface area is 136 Å². The number of hydrogen-bond donors (Lipinski definition) is 0. The lowest BCUT2D eigenvalue weighted by molar-refractivity contribution is 0.482. The van der Waals surface area contributed by atoms with Gasteiger partial charge in [-0.2, -0.15) is 0 Å². The molecular weight excluding hydrogens is 284 g/mol. The second-order valence-electron chi connectivity index (χ2n) is 6.48. The van der Waals surface area contributed by atoms with Gasteiger partial charge in [-0.3, -0.25) is 4.98 Å². The molecule has 4 nitrogen and oxygen atoms in total. The van der Waals surface area contributed by atoms with E-state index in [2.05, 4.69) is 63.7 Å². The standard InChI is InChI=1S/C19H22N4/c1-14-12-18(16-7-3-4-8-17(16)21-14)23-10-5-6-15(13-23)19-20-9-11-22(19)2/h3-4,7-9,11-12,15H,5-6,10,13H2,1-2H3. The monoisotopic (exact) mass is 306 g/mol. The molecule has 0 spiro atoms. The fraction of sp³-hybridized carbons (Fsp3) is 0.368. The Kier molecular flexibility index (Phi) is 3.52. The van der Waals surface area contributed by atoms with Crippen LogP contribution in [-0.4, -0.2) is 27.6 Å². The Morgan fingerprint density at radius 3 is 2.91 bits per heavy atom. The fourth-order valence-corrected chi connectivity index (χ4v) is 3.72. The predicted octanol–water partition coefficient (Wildman–Crippen LogP) is 3.66. The molecule has 1 aromatic carbocycles. The average molecular weight is 306 g/mol. The number of fused-ring (bicyclic) bond motifs is 1. The molecule has 4 rings (SSSR count). The highest BCUT2D eigenvalue weighted by atomic mass is 15.2. The summed E-state index contributed by atoms with van der Waals surface area (Å²) in [7, 11) is 2.09. The van der Waals surface area contributed by atoms with Crippen LogP contribution in [0.5, 0.6) is 0 Å². The van der Waals surface area contributed by atoms with Crippen LogP contribution in [0.15, 0.2) is 42.7 Å². The maximum atomic E-state index is 4.67. The Balaban J connectivity index is 1.72. The molecule has 118 valence electrons. The van der Waals surface area contributed by atoms with Crippen molar-refractivity contribution in [2.45, 2.75) is 25.7 Å². The summed E-state index contributed by atoms with van der Waals surface area (Å²) in [5.74, 6) is 1.70. The van der Waals surface area contributed by atoms with Crippen LogP contribution in [0.25, 0.3) is 10.9 Å². The number of nitrogens with zero attached hydrogens (tertiary/aromatic N) is 4. The first-order chi connectivity index (χ1) is 11.2. The van der Waals surface area contributed by atoms with Gasteiger partial charge in [0.05, 0.1) is 5.52 Å². The number of para-hydroxylation sites is 1. The average Bonchev–Trinajstić information content (AvgIpc) is 3.00. The van der Waals surface area contributed by atoms with Gasteiger partial charge in [0.2, 0.25) is 0 Å². The Morgan fingerprint density at radius 2 is 2.09 bits per heavy atom. The number of hydrogen-bond acceptors (Lipinski definition) is 3. The van der Waals surface area contributed by atoms with E-state index >= 15 is 0 Å². The molecule has 0 aliphatic carbocycles. The molecule has 1 unspecified atom stereocenters. The molecule has 0 N–H and O–H groups in total. The largest absolute Gasteiger partial charge is 0.370 e. The zero-order valence-electron chi connectivity index (χ0n) is 13.7.